The van der Waals surface area contributed by atoms with E-state index in [2.05, 4.69) is 15.0 Å². The fourth-order valence-corrected chi connectivity index (χ4v) is 2.77. The standard InChI is InChI=1S/C22H23F3N2O8/c1-13(10-15-4-6-16(7-5-15)35-22(23,24)25)34-18(29)11-27-21(30)19-20(33-12-32-14(2)28)17(31-3)8-9-26-19/h4-9,13H,10-12H2,1-3H3,(H,27,30). The predicted octanol–water partition coefficient (Wildman–Crippen LogP) is 2.79. The number of hydrogen-bond donors (Lipinski definition) is 1. The van der Waals surface area contributed by atoms with E-state index in [9.17, 15) is 27.6 Å². The number of ether oxygens (including phenoxy) is 5. The second-order valence-electron chi connectivity index (χ2n) is 6.97. The molecule has 35 heavy (non-hydrogen) atoms. The number of aromatic nitrogens is 1. The third-order valence-electron chi connectivity index (χ3n) is 4.17. The van der Waals surface area contributed by atoms with Gasteiger partial charge in [0.15, 0.2) is 17.2 Å². The minimum Gasteiger partial charge on any atom is -0.493 e. The van der Waals surface area contributed by atoms with Crippen LogP contribution in [0.3, 0.4) is 0 Å². The van der Waals surface area contributed by atoms with E-state index in [0.29, 0.717) is 5.56 Å². The molecule has 10 nitrogen and oxygen atoms in total. The van der Waals surface area contributed by atoms with Crippen LogP contribution < -0.4 is 19.5 Å². The van der Waals surface area contributed by atoms with Crippen molar-refractivity contribution in [2.24, 2.45) is 0 Å². The highest BCUT2D eigenvalue weighted by Crippen LogP contribution is 2.29. The number of methoxy groups -OCH3 is 1. The van der Waals surface area contributed by atoms with E-state index in [1.165, 1.54) is 38.4 Å². The molecule has 1 atom stereocenters. The fraction of sp³-hybridized carbons (Fsp3) is 0.364. The molecular formula is C22H23F3N2O8. The van der Waals surface area contributed by atoms with Gasteiger partial charge >= 0.3 is 18.3 Å². The first-order valence-electron chi connectivity index (χ1n) is 10.1. The molecule has 0 aliphatic carbocycles. The van der Waals surface area contributed by atoms with Crippen molar-refractivity contribution in [2.45, 2.75) is 32.7 Å². The van der Waals surface area contributed by atoms with Crippen molar-refractivity contribution in [3.8, 4) is 17.2 Å². The van der Waals surface area contributed by atoms with Gasteiger partial charge in [-0.15, -0.1) is 13.2 Å². The van der Waals surface area contributed by atoms with Gasteiger partial charge in [0.25, 0.3) is 5.91 Å². The van der Waals surface area contributed by atoms with E-state index in [4.69, 9.17) is 18.9 Å². The van der Waals surface area contributed by atoms with Crippen molar-refractivity contribution in [1.82, 2.24) is 10.3 Å². The normalized spacial score (nSPS) is 11.7. The fourth-order valence-electron chi connectivity index (χ4n) is 2.77. The number of nitrogens with one attached hydrogen (secondary N) is 1. The van der Waals surface area contributed by atoms with Crippen LogP contribution in [0.4, 0.5) is 13.2 Å². The molecule has 1 aromatic carbocycles. The van der Waals surface area contributed by atoms with E-state index in [0.717, 1.165) is 12.1 Å². The summed E-state index contributed by atoms with van der Waals surface area (Å²) in [5, 5.41) is 2.35. The van der Waals surface area contributed by atoms with Crippen LogP contribution in [0.5, 0.6) is 17.2 Å². The topological polar surface area (TPSA) is 122 Å². The summed E-state index contributed by atoms with van der Waals surface area (Å²) in [6.45, 7) is 1.79. The summed E-state index contributed by atoms with van der Waals surface area (Å²) in [6, 6.07) is 6.56. The van der Waals surface area contributed by atoms with Crippen molar-refractivity contribution >= 4 is 17.8 Å². The van der Waals surface area contributed by atoms with Crippen LogP contribution in [-0.4, -0.2) is 55.7 Å². The summed E-state index contributed by atoms with van der Waals surface area (Å²) < 4.78 is 60.8. The molecule has 0 saturated carbocycles. The Labute approximate surface area is 198 Å². The van der Waals surface area contributed by atoms with E-state index in [1.54, 1.807) is 6.92 Å². The maximum absolute atomic E-state index is 12.5. The largest absolute Gasteiger partial charge is 0.573 e. The maximum atomic E-state index is 12.5. The van der Waals surface area contributed by atoms with Gasteiger partial charge in [0.05, 0.1) is 7.11 Å². The monoisotopic (exact) mass is 500 g/mol. The Bertz CT molecular complexity index is 1030. The van der Waals surface area contributed by atoms with Crippen LogP contribution in [0.2, 0.25) is 0 Å². The quantitative estimate of drug-likeness (QED) is 0.367. The molecule has 0 aliphatic rings. The Morgan fingerprint density at radius 2 is 1.80 bits per heavy atom. The highest BCUT2D eigenvalue weighted by Gasteiger charge is 2.31. The van der Waals surface area contributed by atoms with Gasteiger partial charge in [0, 0.05) is 25.6 Å². The second kappa shape index (κ2) is 12.4. The zero-order valence-electron chi connectivity index (χ0n) is 19.0. The number of carbonyl (C=O) groups is 3. The second-order valence-corrected chi connectivity index (χ2v) is 6.97. The Hall–Kier alpha value is -4.03. The smallest absolute Gasteiger partial charge is 0.493 e. The number of esters is 2. The first-order chi connectivity index (χ1) is 16.5. The Morgan fingerprint density at radius 1 is 1.11 bits per heavy atom. The van der Waals surface area contributed by atoms with Crippen molar-refractivity contribution in [3.63, 3.8) is 0 Å². The Balaban J connectivity index is 1.89. The molecule has 1 amide bonds. The highest BCUT2D eigenvalue weighted by atomic mass is 19.4. The SMILES string of the molecule is COc1ccnc(C(=O)NCC(=O)OC(C)Cc2ccc(OC(F)(F)F)cc2)c1OCOC(C)=O. The molecule has 1 heterocycles. The van der Waals surface area contributed by atoms with Gasteiger partial charge in [-0.3, -0.25) is 14.4 Å². The molecule has 0 bridgehead atoms. The average molecular weight is 500 g/mol. The van der Waals surface area contributed by atoms with E-state index < -0.39 is 43.6 Å². The molecule has 0 radical (unpaired) electrons. The van der Waals surface area contributed by atoms with Crippen LogP contribution in [0.15, 0.2) is 36.5 Å². The summed E-state index contributed by atoms with van der Waals surface area (Å²) in [6.07, 6.45) is -3.91. The molecule has 0 spiro atoms. The molecule has 2 rings (SSSR count). The zero-order valence-corrected chi connectivity index (χ0v) is 19.0. The number of hydrogen-bond acceptors (Lipinski definition) is 9. The van der Waals surface area contributed by atoms with Crippen molar-refractivity contribution in [3.05, 3.63) is 47.8 Å². The van der Waals surface area contributed by atoms with Crippen LogP contribution in [0.25, 0.3) is 0 Å². The number of carbonyl (C=O) groups excluding carboxylic acids is 3. The number of halogens is 3. The maximum Gasteiger partial charge on any atom is 0.573 e. The number of amides is 1. The number of nitrogens with zero attached hydrogens (tertiary/aromatic N) is 1. The first kappa shape index (κ1) is 27.2. The van der Waals surface area contributed by atoms with Gasteiger partial charge in [-0.2, -0.15) is 0 Å². The molecule has 1 N–H and O–H groups in total. The van der Waals surface area contributed by atoms with Gasteiger partial charge in [-0.1, -0.05) is 12.1 Å². The third-order valence-corrected chi connectivity index (χ3v) is 4.17. The Kier molecular flexibility index (Phi) is 9.67. The molecule has 2 aromatic rings. The molecule has 1 unspecified atom stereocenters. The van der Waals surface area contributed by atoms with Gasteiger partial charge in [-0.25, -0.2) is 4.98 Å². The number of rotatable bonds is 11. The van der Waals surface area contributed by atoms with Crippen molar-refractivity contribution in [2.75, 3.05) is 20.4 Å². The number of pyridine rings is 1. The van der Waals surface area contributed by atoms with Crippen LogP contribution in [-0.2, 0) is 25.5 Å². The molecule has 190 valence electrons. The van der Waals surface area contributed by atoms with Crippen LogP contribution in [0, 0.1) is 0 Å². The molecule has 13 heteroatoms. The van der Waals surface area contributed by atoms with Crippen LogP contribution >= 0.6 is 0 Å². The van der Waals surface area contributed by atoms with E-state index in [-0.39, 0.29) is 29.4 Å². The van der Waals surface area contributed by atoms with Gasteiger partial charge < -0.3 is 29.0 Å². The van der Waals surface area contributed by atoms with Gasteiger partial charge in [0.1, 0.15) is 18.4 Å². The highest BCUT2D eigenvalue weighted by molar-refractivity contribution is 5.97. The van der Waals surface area contributed by atoms with E-state index in [1.807, 2.05) is 0 Å². The first-order valence-corrected chi connectivity index (χ1v) is 10.1. The summed E-state index contributed by atoms with van der Waals surface area (Å²) in [7, 11) is 1.34. The van der Waals surface area contributed by atoms with Gasteiger partial charge in [0.2, 0.25) is 6.79 Å². The Morgan fingerprint density at radius 3 is 2.40 bits per heavy atom. The predicted molar refractivity (Wildman–Crippen MR) is 113 cm³/mol. The van der Waals surface area contributed by atoms with Crippen molar-refractivity contribution in [1.29, 1.82) is 0 Å². The zero-order chi connectivity index (χ0) is 26.0. The molecule has 0 aliphatic heterocycles. The van der Waals surface area contributed by atoms with Crippen molar-refractivity contribution < 1.29 is 51.2 Å². The molecular weight excluding hydrogens is 477 g/mol. The minimum atomic E-state index is -4.79. The van der Waals surface area contributed by atoms with Crippen LogP contribution in [0.1, 0.15) is 29.9 Å². The number of benzene rings is 1. The van der Waals surface area contributed by atoms with E-state index >= 15 is 0 Å². The molecule has 0 fully saturated rings. The molecule has 0 saturated heterocycles. The van der Waals surface area contributed by atoms with Gasteiger partial charge in [-0.05, 0) is 24.6 Å². The lowest BCUT2D eigenvalue weighted by atomic mass is 10.1. The average Bonchev–Trinajstić information content (AvgIpc) is 2.77. The lowest BCUT2D eigenvalue weighted by Crippen LogP contribution is -2.33. The third kappa shape index (κ3) is 9.39. The summed E-state index contributed by atoms with van der Waals surface area (Å²) >= 11 is 0. The minimum absolute atomic E-state index is 0.0894. The summed E-state index contributed by atoms with van der Waals surface area (Å²) in [5.74, 6) is -2.43. The molecule has 1 aromatic heterocycles. The number of alkyl halides is 3. The lowest BCUT2D eigenvalue weighted by molar-refractivity contribution is -0.274. The summed E-state index contributed by atoms with van der Waals surface area (Å²) in [5.41, 5.74) is 0.400. The lowest BCUT2D eigenvalue weighted by Gasteiger charge is -2.15. The summed E-state index contributed by atoms with van der Waals surface area (Å²) in [4.78, 5) is 39.5.